The minimum Gasteiger partial charge on any atom is -0.382 e. The van der Waals surface area contributed by atoms with Crippen LogP contribution < -0.4 is 10.6 Å². The van der Waals surface area contributed by atoms with Crippen molar-refractivity contribution in [2.45, 2.75) is 32.6 Å². The van der Waals surface area contributed by atoms with Gasteiger partial charge in [-0.15, -0.1) is 0 Å². The van der Waals surface area contributed by atoms with Gasteiger partial charge in [-0.1, -0.05) is 37.3 Å². The van der Waals surface area contributed by atoms with E-state index < -0.39 is 0 Å². The van der Waals surface area contributed by atoms with E-state index in [0.717, 1.165) is 45.1 Å². The van der Waals surface area contributed by atoms with Crippen LogP contribution in [0.3, 0.4) is 0 Å². The fourth-order valence-electron chi connectivity index (χ4n) is 2.10. The summed E-state index contributed by atoms with van der Waals surface area (Å²) in [5, 5.41) is 6.66. The van der Waals surface area contributed by atoms with Crippen molar-refractivity contribution in [3.8, 4) is 0 Å². The van der Waals surface area contributed by atoms with Crippen LogP contribution in [0.5, 0.6) is 0 Å². The van der Waals surface area contributed by atoms with E-state index in [-0.39, 0.29) is 0 Å². The standard InChI is InChI=1S/C17H29N3O/c1-4-21-14-8-12-19-17(18-3)20-13-11-15(2)16-9-6-5-7-10-16/h5-7,9-10,15H,4,8,11-14H2,1-3H3,(H2,18,19,20). The van der Waals surface area contributed by atoms with Crippen molar-refractivity contribution >= 4 is 5.96 Å². The van der Waals surface area contributed by atoms with Gasteiger partial charge < -0.3 is 15.4 Å². The Hall–Kier alpha value is -1.55. The zero-order valence-corrected chi connectivity index (χ0v) is 13.6. The second-order valence-corrected chi connectivity index (χ2v) is 5.08. The lowest BCUT2D eigenvalue weighted by atomic mass is 9.98. The molecule has 0 spiro atoms. The SMILES string of the molecule is CCOCCCNC(=NC)NCCC(C)c1ccccc1. The van der Waals surface area contributed by atoms with Crippen LogP contribution in [0, 0.1) is 0 Å². The van der Waals surface area contributed by atoms with Crippen molar-refractivity contribution in [2.24, 2.45) is 4.99 Å². The second kappa shape index (κ2) is 11.1. The van der Waals surface area contributed by atoms with Gasteiger partial charge in [0.1, 0.15) is 0 Å². The number of aliphatic imine (C=N–C) groups is 1. The van der Waals surface area contributed by atoms with Gasteiger partial charge in [-0.25, -0.2) is 0 Å². The molecule has 1 atom stereocenters. The van der Waals surface area contributed by atoms with Crippen LogP contribution in [0.1, 0.15) is 38.2 Å². The summed E-state index contributed by atoms with van der Waals surface area (Å²) in [5.41, 5.74) is 1.39. The van der Waals surface area contributed by atoms with Gasteiger partial charge in [0, 0.05) is 33.4 Å². The molecule has 0 radical (unpaired) electrons. The molecule has 0 aliphatic rings. The van der Waals surface area contributed by atoms with E-state index in [9.17, 15) is 0 Å². The second-order valence-electron chi connectivity index (χ2n) is 5.08. The summed E-state index contributed by atoms with van der Waals surface area (Å²) >= 11 is 0. The third-order valence-electron chi connectivity index (χ3n) is 3.42. The van der Waals surface area contributed by atoms with E-state index in [1.54, 1.807) is 7.05 Å². The Balaban J connectivity index is 2.17. The van der Waals surface area contributed by atoms with Crippen LogP contribution >= 0.6 is 0 Å². The van der Waals surface area contributed by atoms with Gasteiger partial charge in [-0.3, -0.25) is 4.99 Å². The Labute approximate surface area is 129 Å². The smallest absolute Gasteiger partial charge is 0.190 e. The largest absolute Gasteiger partial charge is 0.382 e. The number of nitrogens with one attached hydrogen (secondary N) is 2. The normalized spacial score (nSPS) is 13.0. The first-order chi connectivity index (χ1) is 10.3. The number of nitrogens with zero attached hydrogens (tertiary/aromatic N) is 1. The zero-order chi connectivity index (χ0) is 15.3. The zero-order valence-electron chi connectivity index (χ0n) is 13.6. The molecule has 1 aromatic rings. The number of benzene rings is 1. The number of hydrogen-bond acceptors (Lipinski definition) is 2. The van der Waals surface area contributed by atoms with E-state index in [2.05, 4.69) is 52.9 Å². The first-order valence-electron chi connectivity index (χ1n) is 7.85. The van der Waals surface area contributed by atoms with E-state index >= 15 is 0 Å². The molecule has 0 saturated carbocycles. The minimum atomic E-state index is 0.551. The molecule has 4 heteroatoms. The van der Waals surface area contributed by atoms with Gasteiger partial charge in [0.25, 0.3) is 0 Å². The molecule has 0 aliphatic heterocycles. The molecule has 0 heterocycles. The average molecular weight is 291 g/mol. The number of ether oxygens (including phenoxy) is 1. The van der Waals surface area contributed by atoms with Crippen molar-refractivity contribution in [3.63, 3.8) is 0 Å². The highest BCUT2D eigenvalue weighted by Gasteiger charge is 2.05. The van der Waals surface area contributed by atoms with Crippen molar-refractivity contribution in [1.82, 2.24) is 10.6 Å². The van der Waals surface area contributed by atoms with Gasteiger partial charge in [0.05, 0.1) is 0 Å². The maximum absolute atomic E-state index is 5.31. The van der Waals surface area contributed by atoms with E-state index in [1.165, 1.54) is 5.56 Å². The van der Waals surface area contributed by atoms with Crippen LogP contribution in [-0.4, -0.2) is 39.3 Å². The van der Waals surface area contributed by atoms with Crippen LogP contribution in [-0.2, 0) is 4.74 Å². The van der Waals surface area contributed by atoms with Crippen molar-refractivity contribution in [2.75, 3.05) is 33.4 Å². The molecule has 0 aliphatic carbocycles. The summed E-state index contributed by atoms with van der Waals surface area (Å²) in [6, 6.07) is 10.6. The summed E-state index contributed by atoms with van der Waals surface area (Å²) in [7, 11) is 1.80. The molecular formula is C17H29N3O. The summed E-state index contributed by atoms with van der Waals surface area (Å²) in [4.78, 5) is 4.23. The molecule has 4 nitrogen and oxygen atoms in total. The summed E-state index contributed by atoms with van der Waals surface area (Å²) in [5.74, 6) is 1.42. The Morgan fingerprint density at radius 3 is 2.57 bits per heavy atom. The molecule has 0 amide bonds. The molecule has 1 rings (SSSR count). The maximum atomic E-state index is 5.31. The lowest BCUT2D eigenvalue weighted by Crippen LogP contribution is -2.38. The molecule has 1 unspecified atom stereocenters. The monoisotopic (exact) mass is 291 g/mol. The average Bonchev–Trinajstić information content (AvgIpc) is 2.53. The molecule has 118 valence electrons. The quantitative estimate of drug-likeness (QED) is 0.418. The highest BCUT2D eigenvalue weighted by Crippen LogP contribution is 2.17. The molecule has 21 heavy (non-hydrogen) atoms. The summed E-state index contributed by atoms with van der Waals surface area (Å²) in [6.45, 7) is 7.65. The van der Waals surface area contributed by atoms with Crippen LogP contribution in [0.25, 0.3) is 0 Å². The van der Waals surface area contributed by atoms with Gasteiger partial charge in [0.2, 0.25) is 0 Å². The highest BCUT2D eigenvalue weighted by atomic mass is 16.5. The third-order valence-corrected chi connectivity index (χ3v) is 3.42. The number of guanidine groups is 1. The van der Waals surface area contributed by atoms with Crippen LogP contribution in [0.2, 0.25) is 0 Å². The van der Waals surface area contributed by atoms with E-state index in [1.807, 2.05) is 6.92 Å². The van der Waals surface area contributed by atoms with Gasteiger partial charge in [0.15, 0.2) is 5.96 Å². The van der Waals surface area contributed by atoms with Crippen LogP contribution in [0.4, 0.5) is 0 Å². The van der Waals surface area contributed by atoms with Crippen LogP contribution in [0.15, 0.2) is 35.3 Å². The van der Waals surface area contributed by atoms with Crippen molar-refractivity contribution in [3.05, 3.63) is 35.9 Å². The predicted octanol–water partition coefficient (Wildman–Crippen LogP) is 2.77. The van der Waals surface area contributed by atoms with Gasteiger partial charge in [-0.05, 0) is 31.2 Å². The molecule has 0 fully saturated rings. The molecule has 0 bridgehead atoms. The van der Waals surface area contributed by atoms with E-state index in [4.69, 9.17) is 4.74 Å². The Kier molecular flexibility index (Phi) is 9.29. The number of hydrogen-bond donors (Lipinski definition) is 2. The van der Waals surface area contributed by atoms with Crippen molar-refractivity contribution < 1.29 is 4.74 Å². The molecule has 2 N–H and O–H groups in total. The lowest BCUT2D eigenvalue weighted by Gasteiger charge is -2.15. The fraction of sp³-hybridized carbons (Fsp3) is 0.588. The Bertz CT molecular complexity index is 392. The Morgan fingerprint density at radius 1 is 1.19 bits per heavy atom. The highest BCUT2D eigenvalue weighted by molar-refractivity contribution is 5.79. The molecule has 0 aromatic heterocycles. The maximum Gasteiger partial charge on any atom is 0.190 e. The minimum absolute atomic E-state index is 0.551. The third kappa shape index (κ3) is 7.71. The molecule has 0 saturated heterocycles. The number of rotatable bonds is 9. The molecular weight excluding hydrogens is 262 g/mol. The topological polar surface area (TPSA) is 45.6 Å². The van der Waals surface area contributed by atoms with E-state index in [0.29, 0.717) is 5.92 Å². The summed E-state index contributed by atoms with van der Waals surface area (Å²) < 4.78 is 5.31. The van der Waals surface area contributed by atoms with Crippen molar-refractivity contribution in [1.29, 1.82) is 0 Å². The molecule has 1 aromatic carbocycles. The Morgan fingerprint density at radius 2 is 1.90 bits per heavy atom. The lowest BCUT2D eigenvalue weighted by molar-refractivity contribution is 0.145. The van der Waals surface area contributed by atoms with Gasteiger partial charge in [-0.2, -0.15) is 0 Å². The first kappa shape index (κ1) is 17.5. The fourth-order valence-corrected chi connectivity index (χ4v) is 2.10. The van der Waals surface area contributed by atoms with Gasteiger partial charge >= 0.3 is 0 Å². The first-order valence-corrected chi connectivity index (χ1v) is 7.85. The summed E-state index contributed by atoms with van der Waals surface area (Å²) in [6.07, 6.45) is 2.08. The predicted molar refractivity (Wildman–Crippen MR) is 89.9 cm³/mol.